The van der Waals surface area contributed by atoms with Crippen LogP contribution in [0, 0.1) is 6.92 Å². The molecule has 0 bridgehead atoms. The van der Waals surface area contributed by atoms with Crippen LogP contribution in [0.4, 0.5) is 14.6 Å². The molecule has 0 aromatic carbocycles. The minimum atomic E-state index is -2.59. The molecule has 0 aliphatic carbocycles. The van der Waals surface area contributed by atoms with Gasteiger partial charge in [-0.15, -0.1) is 0 Å². The predicted molar refractivity (Wildman–Crippen MR) is 56.2 cm³/mol. The Hall–Kier alpha value is -0.780. The normalized spacial score (nSPS) is 19.6. The van der Waals surface area contributed by atoms with Gasteiger partial charge >= 0.3 is 0 Å². The van der Waals surface area contributed by atoms with E-state index in [2.05, 4.69) is 25.9 Å². The van der Waals surface area contributed by atoms with Crippen molar-refractivity contribution in [3.05, 3.63) is 16.5 Å². The smallest absolute Gasteiger partial charge is 0.266 e. The molecule has 2 heterocycles. The van der Waals surface area contributed by atoms with Gasteiger partial charge in [0, 0.05) is 19.0 Å². The second kappa shape index (κ2) is 3.66. The lowest BCUT2D eigenvalue weighted by molar-refractivity contribution is 0.0256. The summed E-state index contributed by atoms with van der Waals surface area (Å²) in [5.41, 5.74) is 0. The van der Waals surface area contributed by atoms with E-state index in [0.717, 1.165) is 0 Å². The van der Waals surface area contributed by atoms with E-state index < -0.39 is 5.92 Å². The van der Waals surface area contributed by atoms with Gasteiger partial charge in [-0.3, -0.25) is 0 Å². The summed E-state index contributed by atoms with van der Waals surface area (Å²) in [5, 5.41) is 0. The topological polar surface area (TPSA) is 29.0 Å². The van der Waals surface area contributed by atoms with Crippen molar-refractivity contribution in [1.29, 1.82) is 0 Å². The van der Waals surface area contributed by atoms with Crippen LogP contribution in [-0.4, -0.2) is 29.0 Å². The van der Waals surface area contributed by atoms with Gasteiger partial charge in [0.1, 0.15) is 16.2 Å². The number of halogens is 3. The van der Waals surface area contributed by atoms with Crippen molar-refractivity contribution < 1.29 is 8.78 Å². The summed E-state index contributed by atoms with van der Waals surface area (Å²) in [4.78, 5) is 9.75. The molecule has 3 nitrogen and oxygen atoms in total. The maximum Gasteiger partial charge on any atom is 0.266 e. The summed E-state index contributed by atoms with van der Waals surface area (Å²) in [5.74, 6) is -1.45. The third-order valence-electron chi connectivity index (χ3n) is 2.29. The number of aromatic nitrogens is 2. The number of alkyl halides is 2. The predicted octanol–water partition coefficient (Wildman–Crippen LogP) is 2.39. The first-order chi connectivity index (χ1) is 6.96. The molecular weight excluding hydrogens is 268 g/mol. The molecule has 0 amide bonds. The van der Waals surface area contributed by atoms with Gasteiger partial charge in [0.15, 0.2) is 0 Å². The Balaban J connectivity index is 2.24. The van der Waals surface area contributed by atoms with Crippen molar-refractivity contribution >= 4 is 21.7 Å². The highest BCUT2D eigenvalue weighted by Crippen LogP contribution is 2.30. The van der Waals surface area contributed by atoms with E-state index in [4.69, 9.17) is 0 Å². The number of aryl methyl sites for hydroxylation is 1. The standard InChI is InChI=1S/C9H10BrF2N3/c1-6-13-7(10)4-8(14-6)15-3-2-9(11,12)5-15/h4H,2-3,5H2,1H3. The highest BCUT2D eigenvalue weighted by Gasteiger charge is 2.38. The van der Waals surface area contributed by atoms with Crippen molar-refractivity contribution in [1.82, 2.24) is 9.97 Å². The minimum absolute atomic E-state index is 0.104. The molecule has 82 valence electrons. The second-order valence-corrected chi connectivity index (χ2v) is 4.44. The Morgan fingerprint density at radius 1 is 1.47 bits per heavy atom. The Morgan fingerprint density at radius 3 is 2.73 bits per heavy atom. The van der Waals surface area contributed by atoms with Gasteiger partial charge in [-0.1, -0.05) is 0 Å². The zero-order valence-corrected chi connectivity index (χ0v) is 9.76. The molecule has 1 aliphatic heterocycles. The summed E-state index contributed by atoms with van der Waals surface area (Å²) in [6.07, 6.45) is -0.104. The molecule has 0 N–H and O–H groups in total. The first kappa shape index (κ1) is 10.7. The van der Waals surface area contributed by atoms with Crippen molar-refractivity contribution in [3.63, 3.8) is 0 Å². The van der Waals surface area contributed by atoms with E-state index >= 15 is 0 Å². The van der Waals surface area contributed by atoms with Crippen LogP contribution in [0.2, 0.25) is 0 Å². The van der Waals surface area contributed by atoms with Gasteiger partial charge in [-0.25, -0.2) is 18.7 Å². The summed E-state index contributed by atoms with van der Waals surface area (Å²) < 4.78 is 26.6. The van der Waals surface area contributed by atoms with Crippen LogP contribution in [0.1, 0.15) is 12.2 Å². The highest BCUT2D eigenvalue weighted by atomic mass is 79.9. The third-order valence-corrected chi connectivity index (χ3v) is 2.69. The van der Waals surface area contributed by atoms with E-state index in [9.17, 15) is 8.78 Å². The summed E-state index contributed by atoms with van der Waals surface area (Å²) >= 11 is 3.22. The van der Waals surface area contributed by atoms with Gasteiger partial charge in [-0.05, 0) is 22.9 Å². The molecule has 1 aliphatic rings. The molecule has 0 saturated carbocycles. The fourth-order valence-electron chi connectivity index (χ4n) is 1.61. The molecule has 1 aromatic rings. The SMILES string of the molecule is Cc1nc(Br)cc(N2CCC(F)(F)C2)n1. The fraction of sp³-hybridized carbons (Fsp3) is 0.556. The Bertz CT molecular complexity index is 363. The minimum Gasteiger partial charge on any atom is -0.350 e. The van der Waals surface area contributed by atoms with E-state index in [0.29, 0.717) is 22.8 Å². The van der Waals surface area contributed by atoms with Crippen LogP contribution >= 0.6 is 15.9 Å². The number of hydrogen-bond acceptors (Lipinski definition) is 3. The molecule has 6 heteroatoms. The van der Waals surface area contributed by atoms with Crippen LogP contribution in [0.5, 0.6) is 0 Å². The van der Waals surface area contributed by atoms with Crippen molar-refractivity contribution in [2.24, 2.45) is 0 Å². The molecule has 2 rings (SSSR count). The van der Waals surface area contributed by atoms with Gasteiger partial charge in [0.25, 0.3) is 5.92 Å². The lowest BCUT2D eigenvalue weighted by atomic mass is 10.3. The summed E-state index contributed by atoms with van der Waals surface area (Å²) in [7, 11) is 0. The van der Waals surface area contributed by atoms with Crippen LogP contribution in [0.15, 0.2) is 10.7 Å². The van der Waals surface area contributed by atoms with Gasteiger partial charge in [0.2, 0.25) is 0 Å². The number of anilines is 1. The van der Waals surface area contributed by atoms with Crippen LogP contribution in [-0.2, 0) is 0 Å². The van der Waals surface area contributed by atoms with Gasteiger partial charge in [0.05, 0.1) is 6.54 Å². The Kier molecular flexibility index (Phi) is 2.62. The van der Waals surface area contributed by atoms with Crippen LogP contribution < -0.4 is 4.90 Å². The van der Waals surface area contributed by atoms with E-state index in [1.807, 2.05) is 0 Å². The molecular formula is C9H10BrF2N3. The molecule has 0 unspecified atom stereocenters. The highest BCUT2D eigenvalue weighted by molar-refractivity contribution is 9.10. The van der Waals surface area contributed by atoms with E-state index in [-0.39, 0.29) is 13.0 Å². The Morgan fingerprint density at radius 2 is 2.20 bits per heavy atom. The second-order valence-electron chi connectivity index (χ2n) is 3.62. The van der Waals surface area contributed by atoms with Crippen LogP contribution in [0.3, 0.4) is 0 Å². The van der Waals surface area contributed by atoms with Crippen molar-refractivity contribution in [3.8, 4) is 0 Å². The maximum absolute atomic E-state index is 13.0. The first-order valence-corrected chi connectivity index (χ1v) is 5.39. The average molecular weight is 278 g/mol. The zero-order chi connectivity index (χ0) is 11.1. The molecule has 1 aromatic heterocycles. The Labute approximate surface area is 94.6 Å². The third kappa shape index (κ3) is 2.42. The summed E-state index contributed by atoms with van der Waals surface area (Å²) in [6, 6.07) is 1.66. The van der Waals surface area contributed by atoms with Crippen molar-refractivity contribution in [2.45, 2.75) is 19.3 Å². The number of hydrogen-bond donors (Lipinski definition) is 0. The van der Waals surface area contributed by atoms with Crippen molar-refractivity contribution in [2.75, 3.05) is 18.0 Å². The largest absolute Gasteiger partial charge is 0.350 e. The number of nitrogens with zero attached hydrogens (tertiary/aromatic N) is 3. The van der Waals surface area contributed by atoms with Gasteiger partial charge in [-0.2, -0.15) is 0 Å². The lowest BCUT2D eigenvalue weighted by Gasteiger charge is -2.17. The van der Waals surface area contributed by atoms with Crippen LogP contribution in [0.25, 0.3) is 0 Å². The maximum atomic E-state index is 13.0. The monoisotopic (exact) mass is 277 g/mol. The fourth-order valence-corrected chi connectivity index (χ4v) is 2.07. The number of rotatable bonds is 1. The zero-order valence-electron chi connectivity index (χ0n) is 8.17. The summed E-state index contributed by atoms with van der Waals surface area (Å²) in [6.45, 7) is 1.83. The lowest BCUT2D eigenvalue weighted by Crippen LogP contribution is -2.25. The molecule has 0 spiro atoms. The van der Waals surface area contributed by atoms with Gasteiger partial charge < -0.3 is 4.90 Å². The molecule has 1 saturated heterocycles. The molecule has 0 atom stereocenters. The molecule has 1 fully saturated rings. The average Bonchev–Trinajstić information content (AvgIpc) is 2.44. The molecule has 15 heavy (non-hydrogen) atoms. The van der Waals surface area contributed by atoms with E-state index in [1.54, 1.807) is 17.9 Å². The van der Waals surface area contributed by atoms with E-state index in [1.165, 1.54) is 0 Å². The quantitative estimate of drug-likeness (QED) is 0.739. The first-order valence-electron chi connectivity index (χ1n) is 4.60. The molecule has 0 radical (unpaired) electrons.